The largest absolute Gasteiger partial charge is 0.320 e. The smallest absolute Gasteiger partial charge is 0.275 e. The lowest BCUT2D eigenvalue weighted by molar-refractivity contribution is 0.102. The highest BCUT2D eigenvalue weighted by molar-refractivity contribution is 6.03. The average molecular weight is 227 g/mol. The molecule has 0 saturated carbocycles. The summed E-state index contributed by atoms with van der Waals surface area (Å²) >= 11 is 0. The number of rotatable bonds is 2. The Bertz CT molecular complexity index is 538. The summed E-state index contributed by atoms with van der Waals surface area (Å²) < 4.78 is 0. The van der Waals surface area contributed by atoms with E-state index >= 15 is 0 Å². The predicted octanol–water partition coefficient (Wildman–Crippen LogP) is 2.35. The van der Waals surface area contributed by atoms with Gasteiger partial charge < -0.3 is 5.32 Å². The maximum atomic E-state index is 11.8. The number of nitrogens with zero attached hydrogens (tertiary/aromatic N) is 2. The van der Waals surface area contributed by atoms with E-state index in [0.29, 0.717) is 5.69 Å². The first-order valence-electron chi connectivity index (χ1n) is 5.31. The fourth-order valence-corrected chi connectivity index (χ4v) is 1.56. The Balaban J connectivity index is 2.19. The summed E-state index contributed by atoms with van der Waals surface area (Å²) in [5, 5.41) is 2.81. The molecule has 17 heavy (non-hydrogen) atoms. The second-order valence-corrected chi connectivity index (χ2v) is 3.86. The lowest BCUT2D eigenvalue weighted by atomic mass is 10.1. The van der Waals surface area contributed by atoms with Crippen LogP contribution in [0, 0.1) is 13.8 Å². The zero-order valence-corrected chi connectivity index (χ0v) is 9.77. The van der Waals surface area contributed by atoms with Gasteiger partial charge in [0.05, 0.1) is 6.20 Å². The first-order valence-corrected chi connectivity index (χ1v) is 5.31. The fourth-order valence-electron chi connectivity index (χ4n) is 1.56. The van der Waals surface area contributed by atoms with Crippen molar-refractivity contribution in [1.82, 2.24) is 9.97 Å². The van der Waals surface area contributed by atoms with Crippen molar-refractivity contribution in [2.75, 3.05) is 5.32 Å². The van der Waals surface area contributed by atoms with Crippen molar-refractivity contribution in [2.45, 2.75) is 13.8 Å². The van der Waals surface area contributed by atoms with E-state index in [4.69, 9.17) is 0 Å². The summed E-state index contributed by atoms with van der Waals surface area (Å²) in [5.74, 6) is -0.245. The quantitative estimate of drug-likeness (QED) is 0.856. The van der Waals surface area contributed by atoms with Crippen LogP contribution in [0.5, 0.6) is 0 Å². The first kappa shape index (κ1) is 11.3. The van der Waals surface area contributed by atoms with Crippen molar-refractivity contribution in [3.63, 3.8) is 0 Å². The number of anilines is 1. The lowest BCUT2D eigenvalue weighted by Gasteiger charge is -2.08. The second-order valence-electron chi connectivity index (χ2n) is 3.86. The SMILES string of the molecule is Cc1ccc(NC(=O)c2cnccn2)c(C)c1. The van der Waals surface area contributed by atoms with E-state index in [1.165, 1.54) is 24.2 Å². The van der Waals surface area contributed by atoms with Crippen molar-refractivity contribution in [1.29, 1.82) is 0 Å². The Labute approximate surface area is 99.7 Å². The molecule has 2 rings (SSSR count). The standard InChI is InChI=1S/C13H13N3O/c1-9-3-4-11(10(2)7-9)16-13(17)12-8-14-5-6-15-12/h3-8H,1-2H3,(H,16,17). The topological polar surface area (TPSA) is 54.9 Å². The molecule has 4 heteroatoms. The number of carbonyl (C=O) groups excluding carboxylic acids is 1. The Kier molecular flexibility index (Phi) is 3.14. The van der Waals surface area contributed by atoms with E-state index in [0.717, 1.165) is 11.3 Å². The van der Waals surface area contributed by atoms with Crippen LogP contribution in [0.2, 0.25) is 0 Å². The van der Waals surface area contributed by atoms with Gasteiger partial charge in [0, 0.05) is 18.1 Å². The summed E-state index contributed by atoms with van der Waals surface area (Å²) in [6, 6.07) is 5.87. The van der Waals surface area contributed by atoms with Crippen molar-refractivity contribution in [2.24, 2.45) is 0 Å². The Morgan fingerprint density at radius 3 is 2.71 bits per heavy atom. The number of nitrogens with one attached hydrogen (secondary N) is 1. The van der Waals surface area contributed by atoms with Gasteiger partial charge in [0.1, 0.15) is 5.69 Å². The van der Waals surface area contributed by atoms with Gasteiger partial charge in [-0.15, -0.1) is 0 Å². The van der Waals surface area contributed by atoms with Gasteiger partial charge in [0.25, 0.3) is 5.91 Å². The summed E-state index contributed by atoms with van der Waals surface area (Å²) in [5.41, 5.74) is 3.31. The lowest BCUT2D eigenvalue weighted by Crippen LogP contribution is -2.14. The Morgan fingerprint density at radius 2 is 2.06 bits per heavy atom. The highest BCUT2D eigenvalue weighted by Crippen LogP contribution is 2.16. The molecule has 1 aromatic carbocycles. The van der Waals surface area contributed by atoms with E-state index in [9.17, 15) is 4.79 Å². The molecule has 0 bridgehead atoms. The van der Waals surface area contributed by atoms with E-state index in [2.05, 4.69) is 15.3 Å². The Hall–Kier alpha value is -2.23. The van der Waals surface area contributed by atoms with Crippen LogP contribution in [0.1, 0.15) is 21.6 Å². The first-order chi connectivity index (χ1) is 8.16. The molecule has 4 nitrogen and oxygen atoms in total. The van der Waals surface area contributed by atoms with Crippen LogP contribution in [-0.2, 0) is 0 Å². The van der Waals surface area contributed by atoms with Crippen molar-refractivity contribution < 1.29 is 4.79 Å². The normalized spacial score (nSPS) is 10.0. The summed E-state index contributed by atoms with van der Waals surface area (Å²) in [6.45, 7) is 3.97. The third-order valence-electron chi connectivity index (χ3n) is 2.43. The zero-order valence-electron chi connectivity index (χ0n) is 9.77. The third kappa shape index (κ3) is 2.66. The molecule has 0 saturated heterocycles. The number of amides is 1. The van der Waals surface area contributed by atoms with E-state index in [1.807, 2.05) is 32.0 Å². The van der Waals surface area contributed by atoms with E-state index in [1.54, 1.807) is 0 Å². The van der Waals surface area contributed by atoms with Crippen molar-refractivity contribution >= 4 is 11.6 Å². The predicted molar refractivity (Wildman–Crippen MR) is 65.9 cm³/mol. The van der Waals surface area contributed by atoms with Gasteiger partial charge in [0.15, 0.2) is 0 Å². The maximum absolute atomic E-state index is 11.8. The number of carbonyl (C=O) groups is 1. The molecule has 0 radical (unpaired) electrons. The maximum Gasteiger partial charge on any atom is 0.275 e. The minimum Gasteiger partial charge on any atom is -0.320 e. The van der Waals surface area contributed by atoms with Gasteiger partial charge in [0.2, 0.25) is 0 Å². The van der Waals surface area contributed by atoms with Gasteiger partial charge in [-0.1, -0.05) is 17.7 Å². The number of benzene rings is 1. The van der Waals surface area contributed by atoms with Crippen LogP contribution in [0.4, 0.5) is 5.69 Å². The summed E-state index contributed by atoms with van der Waals surface area (Å²) in [7, 11) is 0. The summed E-state index contributed by atoms with van der Waals surface area (Å²) in [6.07, 6.45) is 4.48. The molecule has 2 aromatic rings. The average Bonchev–Trinajstić information content (AvgIpc) is 2.34. The van der Waals surface area contributed by atoms with Gasteiger partial charge >= 0.3 is 0 Å². The van der Waals surface area contributed by atoms with Crippen LogP contribution in [0.3, 0.4) is 0 Å². The van der Waals surface area contributed by atoms with Gasteiger partial charge in [-0.2, -0.15) is 0 Å². The van der Waals surface area contributed by atoms with Gasteiger partial charge in [-0.25, -0.2) is 4.98 Å². The zero-order chi connectivity index (χ0) is 12.3. The molecule has 0 atom stereocenters. The number of aryl methyl sites for hydroxylation is 2. The van der Waals surface area contributed by atoms with Crippen LogP contribution >= 0.6 is 0 Å². The van der Waals surface area contributed by atoms with Crippen LogP contribution in [0.15, 0.2) is 36.8 Å². The molecule has 0 spiro atoms. The minimum atomic E-state index is -0.245. The van der Waals surface area contributed by atoms with Crippen molar-refractivity contribution in [3.05, 3.63) is 53.6 Å². The molecule has 0 aliphatic rings. The van der Waals surface area contributed by atoms with Crippen LogP contribution in [0.25, 0.3) is 0 Å². The molecule has 0 fully saturated rings. The van der Waals surface area contributed by atoms with Crippen LogP contribution in [-0.4, -0.2) is 15.9 Å². The number of hydrogen-bond donors (Lipinski definition) is 1. The molecule has 1 aromatic heterocycles. The Morgan fingerprint density at radius 1 is 1.24 bits per heavy atom. The van der Waals surface area contributed by atoms with Crippen molar-refractivity contribution in [3.8, 4) is 0 Å². The molecular weight excluding hydrogens is 214 g/mol. The fraction of sp³-hybridized carbons (Fsp3) is 0.154. The third-order valence-corrected chi connectivity index (χ3v) is 2.43. The van der Waals surface area contributed by atoms with Crippen LogP contribution < -0.4 is 5.32 Å². The number of hydrogen-bond acceptors (Lipinski definition) is 3. The molecule has 1 N–H and O–H groups in total. The molecule has 0 aliphatic carbocycles. The highest BCUT2D eigenvalue weighted by atomic mass is 16.1. The second kappa shape index (κ2) is 4.74. The number of aromatic nitrogens is 2. The molecule has 1 heterocycles. The molecule has 0 aliphatic heterocycles. The molecule has 1 amide bonds. The van der Waals surface area contributed by atoms with Gasteiger partial charge in [-0.05, 0) is 25.5 Å². The van der Waals surface area contributed by atoms with Gasteiger partial charge in [-0.3, -0.25) is 9.78 Å². The molecule has 86 valence electrons. The van der Waals surface area contributed by atoms with E-state index < -0.39 is 0 Å². The van der Waals surface area contributed by atoms with E-state index in [-0.39, 0.29) is 5.91 Å². The monoisotopic (exact) mass is 227 g/mol. The highest BCUT2D eigenvalue weighted by Gasteiger charge is 2.08. The molecular formula is C13H13N3O. The minimum absolute atomic E-state index is 0.245. The summed E-state index contributed by atoms with van der Waals surface area (Å²) in [4.78, 5) is 19.6. The molecule has 0 unspecified atom stereocenters.